The van der Waals surface area contributed by atoms with E-state index in [1.165, 1.54) is 33.2 Å². The normalized spacial score (nSPS) is 12.1. The number of sulfonamides is 1. The number of ether oxygens (including phenoxy) is 1. The number of nitrogens with one attached hydrogen (secondary N) is 2. The predicted octanol–water partition coefficient (Wildman–Crippen LogP) is 2.63. The molecule has 2 rings (SSSR count). The van der Waals surface area contributed by atoms with E-state index in [0.29, 0.717) is 5.69 Å². The van der Waals surface area contributed by atoms with Crippen LogP contribution in [0, 0.1) is 6.92 Å². The van der Waals surface area contributed by atoms with Crippen molar-refractivity contribution in [3.63, 3.8) is 0 Å². The van der Waals surface area contributed by atoms with Crippen LogP contribution >= 0.6 is 0 Å². The molecule has 9 heteroatoms. The van der Waals surface area contributed by atoms with Crippen LogP contribution in [0.25, 0.3) is 0 Å². The third kappa shape index (κ3) is 5.80. The first-order valence-electron chi connectivity index (χ1n) is 8.47. The van der Waals surface area contributed by atoms with Gasteiger partial charge in [0.1, 0.15) is 6.04 Å². The number of aryl methyl sites for hydroxylation is 1. The van der Waals surface area contributed by atoms with Crippen LogP contribution in [0.5, 0.6) is 0 Å². The highest BCUT2D eigenvalue weighted by Crippen LogP contribution is 2.19. The highest BCUT2D eigenvalue weighted by Gasteiger charge is 2.25. The van der Waals surface area contributed by atoms with Gasteiger partial charge in [0.15, 0.2) is 0 Å². The number of esters is 1. The molecule has 1 amide bonds. The van der Waals surface area contributed by atoms with Crippen molar-refractivity contribution in [3.05, 3.63) is 54.1 Å². The SMILES string of the molecule is Cc1ccc(Nc2ccc(S(=O)(=O)N[C@H](C)C(=O)OC(=O)N(C)C)cc2)cc1. The molecule has 0 fully saturated rings. The van der Waals surface area contributed by atoms with Crippen molar-refractivity contribution in [2.75, 3.05) is 19.4 Å². The summed E-state index contributed by atoms with van der Waals surface area (Å²) in [6.07, 6.45) is -0.873. The summed E-state index contributed by atoms with van der Waals surface area (Å²) < 4.78 is 31.6. The largest absolute Gasteiger partial charge is 0.417 e. The number of rotatable bonds is 6. The smallest absolute Gasteiger partial charge is 0.375 e. The van der Waals surface area contributed by atoms with E-state index in [4.69, 9.17) is 0 Å². The van der Waals surface area contributed by atoms with Gasteiger partial charge in [0, 0.05) is 25.5 Å². The van der Waals surface area contributed by atoms with Gasteiger partial charge in [-0.1, -0.05) is 17.7 Å². The molecule has 0 saturated heterocycles. The van der Waals surface area contributed by atoms with Gasteiger partial charge in [-0.25, -0.2) is 18.0 Å². The van der Waals surface area contributed by atoms with E-state index in [2.05, 4.69) is 14.8 Å². The minimum Gasteiger partial charge on any atom is -0.375 e. The molecule has 0 unspecified atom stereocenters. The van der Waals surface area contributed by atoms with Gasteiger partial charge in [-0.3, -0.25) is 0 Å². The zero-order chi connectivity index (χ0) is 20.9. The Morgan fingerprint density at radius 3 is 1.96 bits per heavy atom. The number of amides is 1. The second-order valence-corrected chi connectivity index (χ2v) is 8.15. The van der Waals surface area contributed by atoms with E-state index in [9.17, 15) is 18.0 Å². The van der Waals surface area contributed by atoms with Crippen molar-refractivity contribution in [1.29, 1.82) is 0 Å². The maximum Gasteiger partial charge on any atom is 0.417 e. The molecule has 8 nitrogen and oxygen atoms in total. The van der Waals surface area contributed by atoms with Gasteiger partial charge in [-0.05, 0) is 50.2 Å². The first kappa shape index (κ1) is 21.4. The van der Waals surface area contributed by atoms with E-state index in [-0.39, 0.29) is 4.90 Å². The molecule has 2 N–H and O–H groups in total. The molecule has 0 saturated carbocycles. The standard InChI is InChI=1S/C19H23N3O5S/c1-13-5-7-15(8-6-13)20-16-9-11-17(12-10-16)28(25,26)21-14(2)18(23)27-19(24)22(3)4/h5-12,14,20-21H,1-4H3/t14-/m1/s1. The molecule has 0 aliphatic rings. The summed E-state index contributed by atoms with van der Waals surface area (Å²) in [6.45, 7) is 3.29. The van der Waals surface area contributed by atoms with Crippen LogP contribution in [0.2, 0.25) is 0 Å². The minimum atomic E-state index is -3.96. The summed E-state index contributed by atoms with van der Waals surface area (Å²) in [5.41, 5.74) is 2.73. The quantitative estimate of drug-likeness (QED) is 0.565. The van der Waals surface area contributed by atoms with Gasteiger partial charge in [0.05, 0.1) is 4.90 Å². The summed E-state index contributed by atoms with van der Waals surface area (Å²) in [4.78, 5) is 24.3. The lowest BCUT2D eigenvalue weighted by atomic mass is 10.2. The van der Waals surface area contributed by atoms with Crippen molar-refractivity contribution in [2.45, 2.75) is 24.8 Å². The van der Waals surface area contributed by atoms with Gasteiger partial charge in [-0.15, -0.1) is 0 Å². The molecular weight excluding hydrogens is 382 g/mol. The molecule has 0 bridgehead atoms. The van der Waals surface area contributed by atoms with Crippen molar-refractivity contribution >= 4 is 33.5 Å². The number of anilines is 2. The predicted molar refractivity (Wildman–Crippen MR) is 106 cm³/mol. The Hall–Kier alpha value is -2.91. The van der Waals surface area contributed by atoms with Crippen LogP contribution in [0.4, 0.5) is 16.2 Å². The summed E-state index contributed by atoms with van der Waals surface area (Å²) >= 11 is 0. The van der Waals surface area contributed by atoms with E-state index in [1.54, 1.807) is 12.1 Å². The Morgan fingerprint density at radius 2 is 1.46 bits per heavy atom. The lowest BCUT2D eigenvalue weighted by molar-refractivity contribution is -0.139. The molecule has 2 aromatic carbocycles. The zero-order valence-corrected chi connectivity index (χ0v) is 16.9. The van der Waals surface area contributed by atoms with Crippen molar-refractivity contribution in [2.24, 2.45) is 0 Å². The number of carbonyl (C=O) groups is 2. The van der Waals surface area contributed by atoms with Crippen molar-refractivity contribution in [3.8, 4) is 0 Å². The number of benzene rings is 2. The molecule has 0 aliphatic heterocycles. The Balaban J connectivity index is 2.03. The van der Waals surface area contributed by atoms with Crippen LogP contribution < -0.4 is 10.0 Å². The third-order valence-corrected chi connectivity index (χ3v) is 5.30. The van der Waals surface area contributed by atoms with Gasteiger partial charge in [0.25, 0.3) is 0 Å². The number of nitrogens with zero attached hydrogens (tertiary/aromatic N) is 1. The van der Waals surface area contributed by atoms with Crippen molar-refractivity contribution < 1.29 is 22.7 Å². The minimum absolute atomic E-state index is 0.0134. The fraction of sp³-hybridized carbons (Fsp3) is 0.263. The van der Waals surface area contributed by atoms with Gasteiger partial charge >= 0.3 is 12.1 Å². The molecule has 150 valence electrons. The number of hydrogen-bond donors (Lipinski definition) is 2. The summed E-state index contributed by atoms with van der Waals surface area (Å²) in [7, 11) is -1.13. The molecular formula is C19H23N3O5S. The van der Waals surface area contributed by atoms with E-state index < -0.39 is 28.1 Å². The maximum absolute atomic E-state index is 12.4. The zero-order valence-electron chi connectivity index (χ0n) is 16.1. The highest BCUT2D eigenvalue weighted by molar-refractivity contribution is 7.89. The summed E-state index contributed by atoms with van der Waals surface area (Å²) in [5, 5.41) is 3.17. The van der Waals surface area contributed by atoms with Crippen LogP contribution in [0.1, 0.15) is 12.5 Å². The van der Waals surface area contributed by atoms with Gasteiger partial charge in [-0.2, -0.15) is 4.72 Å². The fourth-order valence-corrected chi connectivity index (χ4v) is 3.33. The molecule has 28 heavy (non-hydrogen) atoms. The van der Waals surface area contributed by atoms with Crippen LogP contribution in [0.15, 0.2) is 53.4 Å². The highest BCUT2D eigenvalue weighted by atomic mass is 32.2. The number of carbonyl (C=O) groups excluding carboxylic acids is 2. The molecule has 1 atom stereocenters. The van der Waals surface area contributed by atoms with Crippen LogP contribution in [0.3, 0.4) is 0 Å². The number of hydrogen-bond acceptors (Lipinski definition) is 6. The average molecular weight is 405 g/mol. The van der Waals surface area contributed by atoms with E-state index in [0.717, 1.165) is 16.2 Å². The van der Waals surface area contributed by atoms with Gasteiger partial charge in [0.2, 0.25) is 10.0 Å². The Bertz CT molecular complexity index is 939. The molecule has 0 radical (unpaired) electrons. The summed E-state index contributed by atoms with van der Waals surface area (Å²) in [5.74, 6) is -0.986. The Morgan fingerprint density at radius 1 is 0.964 bits per heavy atom. The lowest BCUT2D eigenvalue weighted by Crippen LogP contribution is -2.41. The van der Waals surface area contributed by atoms with Crippen LogP contribution in [-0.4, -0.2) is 45.5 Å². The molecule has 0 spiro atoms. The lowest BCUT2D eigenvalue weighted by Gasteiger charge is -2.15. The topological polar surface area (TPSA) is 105 Å². The first-order valence-corrected chi connectivity index (χ1v) is 9.96. The van der Waals surface area contributed by atoms with Crippen molar-refractivity contribution in [1.82, 2.24) is 9.62 Å². The maximum atomic E-state index is 12.4. The van der Waals surface area contributed by atoms with E-state index in [1.807, 2.05) is 31.2 Å². The molecule has 2 aromatic rings. The Labute approximate surface area is 164 Å². The fourth-order valence-electron chi connectivity index (χ4n) is 2.14. The second-order valence-electron chi connectivity index (χ2n) is 6.44. The molecule has 0 heterocycles. The monoisotopic (exact) mass is 405 g/mol. The van der Waals surface area contributed by atoms with Crippen LogP contribution in [-0.2, 0) is 19.6 Å². The van der Waals surface area contributed by atoms with E-state index >= 15 is 0 Å². The summed E-state index contributed by atoms with van der Waals surface area (Å²) in [6, 6.07) is 12.6. The second kappa shape index (κ2) is 8.85. The molecule has 0 aromatic heterocycles. The Kier molecular flexibility index (Phi) is 6.76. The average Bonchev–Trinajstić information content (AvgIpc) is 2.63. The first-order chi connectivity index (χ1) is 13.1. The molecule has 0 aliphatic carbocycles. The third-order valence-electron chi connectivity index (χ3n) is 3.74. The van der Waals surface area contributed by atoms with Gasteiger partial charge < -0.3 is 15.0 Å².